The highest BCUT2D eigenvalue weighted by atomic mass is 32.2. The highest BCUT2D eigenvalue weighted by Crippen LogP contribution is 2.44. The molecular formula is C25H31NO2S2. The van der Waals surface area contributed by atoms with Crippen LogP contribution in [0.2, 0.25) is 0 Å². The van der Waals surface area contributed by atoms with Gasteiger partial charge >= 0.3 is 5.97 Å². The van der Waals surface area contributed by atoms with Crippen molar-refractivity contribution in [3.8, 4) is 11.1 Å². The third kappa shape index (κ3) is 4.89. The summed E-state index contributed by atoms with van der Waals surface area (Å²) in [6, 6.07) is 12.9. The van der Waals surface area contributed by atoms with Crippen LogP contribution in [0.15, 0.2) is 47.5 Å². The van der Waals surface area contributed by atoms with Crippen LogP contribution in [0.5, 0.6) is 0 Å². The standard InChI is InChI=1S/C25H31NO2S2/c1-8-24(4,5)28-23(27)25(6,7)29-20-14-13-19-15-26-30-22(19)21(20)18-11-9-17(10-12-18)16(2)3/h9-16H,8H2,1-7H3. The Bertz CT molecular complexity index is 1030. The molecule has 2 aromatic carbocycles. The van der Waals surface area contributed by atoms with Gasteiger partial charge in [-0.3, -0.25) is 4.79 Å². The number of carbonyl (C=O) groups excluding carboxylic acids is 1. The Balaban J connectivity index is 2.02. The van der Waals surface area contributed by atoms with Gasteiger partial charge in [0.2, 0.25) is 0 Å². The molecule has 0 bridgehead atoms. The zero-order valence-electron chi connectivity index (χ0n) is 18.9. The molecule has 3 aromatic rings. The highest BCUT2D eigenvalue weighted by Gasteiger charge is 2.35. The van der Waals surface area contributed by atoms with Crippen LogP contribution in [0.4, 0.5) is 0 Å². The van der Waals surface area contributed by atoms with Gasteiger partial charge in [-0.1, -0.05) is 51.1 Å². The van der Waals surface area contributed by atoms with Crippen molar-refractivity contribution in [3.05, 3.63) is 48.2 Å². The van der Waals surface area contributed by atoms with Crippen LogP contribution in [-0.4, -0.2) is 20.7 Å². The number of rotatable bonds is 7. The number of nitrogens with zero attached hydrogens (tertiary/aromatic N) is 1. The van der Waals surface area contributed by atoms with E-state index in [1.54, 1.807) is 11.8 Å². The molecule has 1 aromatic heterocycles. The molecular weight excluding hydrogens is 410 g/mol. The number of ether oxygens (including phenoxy) is 1. The molecule has 0 atom stereocenters. The summed E-state index contributed by atoms with van der Waals surface area (Å²) in [5.41, 5.74) is 3.14. The maximum absolute atomic E-state index is 13.0. The predicted octanol–water partition coefficient (Wildman–Crippen LogP) is 7.69. The Morgan fingerprint density at radius 1 is 1.10 bits per heavy atom. The summed E-state index contributed by atoms with van der Waals surface area (Å²) in [6.45, 7) is 14.2. The molecule has 1 heterocycles. The van der Waals surface area contributed by atoms with Crippen molar-refractivity contribution < 1.29 is 9.53 Å². The normalized spacial score (nSPS) is 12.5. The summed E-state index contributed by atoms with van der Waals surface area (Å²) in [4.78, 5) is 14.0. The quantitative estimate of drug-likeness (QED) is 0.278. The minimum Gasteiger partial charge on any atom is -0.459 e. The van der Waals surface area contributed by atoms with E-state index in [9.17, 15) is 4.79 Å². The molecule has 0 aliphatic heterocycles. The van der Waals surface area contributed by atoms with E-state index in [2.05, 4.69) is 54.6 Å². The second kappa shape index (κ2) is 8.72. The summed E-state index contributed by atoms with van der Waals surface area (Å²) < 4.78 is 10.7. The number of benzene rings is 2. The third-order valence-corrected chi connectivity index (χ3v) is 7.50. The van der Waals surface area contributed by atoms with Crippen LogP contribution in [0.1, 0.15) is 66.4 Å². The molecule has 0 N–H and O–H groups in total. The second-order valence-corrected chi connectivity index (χ2v) is 11.5. The van der Waals surface area contributed by atoms with E-state index in [0.717, 1.165) is 32.5 Å². The molecule has 3 nitrogen and oxygen atoms in total. The maximum atomic E-state index is 13.0. The summed E-state index contributed by atoms with van der Waals surface area (Å²) in [6.07, 6.45) is 2.68. The largest absolute Gasteiger partial charge is 0.459 e. The minimum atomic E-state index is -0.711. The Morgan fingerprint density at radius 3 is 2.37 bits per heavy atom. The van der Waals surface area contributed by atoms with Gasteiger partial charge in [-0.2, -0.15) is 4.37 Å². The first-order chi connectivity index (χ1) is 14.0. The SMILES string of the molecule is CCC(C)(C)OC(=O)C(C)(C)Sc1ccc2cnsc2c1-c1ccc(C(C)C)cc1. The molecule has 0 fully saturated rings. The fourth-order valence-electron chi connectivity index (χ4n) is 3.07. The molecule has 0 saturated heterocycles. The van der Waals surface area contributed by atoms with Gasteiger partial charge in [0, 0.05) is 22.0 Å². The Morgan fingerprint density at radius 2 is 1.77 bits per heavy atom. The van der Waals surface area contributed by atoms with E-state index in [0.29, 0.717) is 5.92 Å². The van der Waals surface area contributed by atoms with Crippen LogP contribution in [0.25, 0.3) is 21.2 Å². The smallest absolute Gasteiger partial charge is 0.322 e. The number of hydrogen-bond acceptors (Lipinski definition) is 5. The number of carbonyl (C=O) groups is 1. The molecule has 0 saturated carbocycles. The number of fused-ring (bicyclic) bond motifs is 1. The molecule has 0 radical (unpaired) electrons. The lowest BCUT2D eigenvalue weighted by atomic mass is 9.98. The molecule has 0 amide bonds. The Kier molecular flexibility index (Phi) is 6.63. The minimum absolute atomic E-state index is 0.190. The van der Waals surface area contributed by atoms with E-state index in [-0.39, 0.29) is 5.97 Å². The highest BCUT2D eigenvalue weighted by molar-refractivity contribution is 8.01. The first kappa shape index (κ1) is 22.8. The molecule has 5 heteroatoms. The number of esters is 1. The molecule has 160 valence electrons. The van der Waals surface area contributed by atoms with Crippen LogP contribution in [-0.2, 0) is 9.53 Å². The molecule has 3 rings (SSSR count). The first-order valence-corrected chi connectivity index (χ1v) is 12.0. The number of hydrogen-bond donors (Lipinski definition) is 0. The summed E-state index contributed by atoms with van der Waals surface area (Å²) in [7, 11) is 0. The van der Waals surface area contributed by atoms with E-state index in [1.165, 1.54) is 17.1 Å². The molecule has 30 heavy (non-hydrogen) atoms. The van der Waals surface area contributed by atoms with Crippen LogP contribution >= 0.6 is 23.3 Å². The van der Waals surface area contributed by atoms with E-state index >= 15 is 0 Å². The lowest BCUT2D eigenvalue weighted by Crippen LogP contribution is -2.37. The van der Waals surface area contributed by atoms with Gasteiger partial charge in [0.25, 0.3) is 0 Å². The average Bonchev–Trinajstić information content (AvgIpc) is 3.16. The van der Waals surface area contributed by atoms with Gasteiger partial charge in [0.15, 0.2) is 0 Å². The lowest BCUT2D eigenvalue weighted by Gasteiger charge is -2.30. The van der Waals surface area contributed by atoms with E-state index in [1.807, 2.05) is 40.8 Å². The van der Waals surface area contributed by atoms with Crippen molar-refractivity contribution >= 4 is 39.3 Å². The second-order valence-electron chi connectivity index (χ2n) is 9.07. The lowest BCUT2D eigenvalue weighted by molar-refractivity contribution is -0.158. The van der Waals surface area contributed by atoms with Gasteiger partial charge in [-0.05, 0) is 68.8 Å². The number of thioether (sulfide) groups is 1. The first-order valence-electron chi connectivity index (χ1n) is 10.4. The fourth-order valence-corrected chi connectivity index (χ4v) is 5.09. The van der Waals surface area contributed by atoms with Gasteiger partial charge < -0.3 is 4.74 Å². The van der Waals surface area contributed by atoms with Crippen molar-refractivity contribution in [3.63, 3.8) is 0 Å². The van der Waals surface area contributed by atoms with Crippen molar-refractivity contribution in [1.82, 2.24) is 4.37 Å². The summed E-state index contributed by atoms with van der Waals surface area (Å²) >= 11 is 3.06. The summed E-state index contributed by atoms with van der Waals surface area (Å²) in [5, 5.41) is 1.12. The van der Waals surface area contributed by atoms with Gasteiger partial charge in [-0.25, -0.2) is 0 Å². The predicted molar refractivity (Wildman–Crippen MR) is 130 cm³/mol. The van der Waals surface area contributed by atoms with Crippen molar-refractivity contribution in [1.29, 1.82) is 0 Å². The van der Waals surface area contributed by atoms with Gasteiger partial charge in [-0.15, -0.1) is 11.8 Å². The monoisotopic (exact) mass is 441 g/mol. The van der Waals surface area contributed by atoms with Crippen molar-refractivity contribution in [2.45, 2.75) is 76.0 Å². The van der Waals surface area contributed by atoms with Gasteiger partial charge in [0.05, 0.1) is 4.70 Å². The molecule has 0 aliphatic carbocycles. The van der Waals surface area contributed by atoms with Crippen molar-refractivity contribution in [2.24, 2.45) is 0 Å². The zero-order chi connectivity index (χ0) is 22.1. The van der Waals surface area contributed by atoms with Crippen molar-refractivity contribution in [2.75, 3.05) is 0 Å². The maximum Gasteiger partial charge on any atom is 0.322 e. The van der Waals surface area contributed by atoms with Crippen LogP contribution < -0.4 is 0 Å². The van der Waals surface area contributed by atoms with Crippen LogP contribution in [0, 0.1) is 0 Å². The summed E-state index contributed by atoms with van der Waals surface area (Å²) in [5.74, 6) is 0.299. The Hall–Kier alpha value is -1.85. The van der Waals surface area contributed by atoms with Gasteiger partial charge in [0.1, 0.15) is 10.3 Å². The van der Waals surface area contributed by atoms with Crippen LogP contribution in [0.3, 0.4) is 0 Å². The third-order valence-electron chi connectivity index (χ3n) is 5.43. The Labute approximate surface area is 188 Å². The molecule has 0 aliphatic rings. The molecule has 0 unspecified atom stereocenters. The molecule has 0 spiro atoms. The average molecular weight is 442 g/mol. The van der Waals surface area contributed by atoms with E-state index in [4.69, 9.17) is 4.74 Å². The number of aromatic nitrogens is 1. The topological polar surface area (TPSA) is 39.2 Å². The fraction of sp³-hybridized carbons (Fsp3) is 0.440. The van der Waals surface area contributed by atoms with E-state index < -0.39 is 10.3 Å². The zero-order valence-corrected chi connectivity index (χ0v) is 20.5.